The second-order valence-corrected chi connectivity index (χ2v) is 11.5. The summed E-state index contributed by atoms with van der Waals surface area (Å²) >= 11 is 0. The van der Waals surface area contributed by atoms with Gasteiger partial charge in [0.15, 0.2) is 11.4 Å². The van der Waals surface area contributed by atoms with Gasteiger partial charge in [0.25, 0.3) is 5.56 Å². The van der Waals surface area contributed by atoms with E-state index in [2.05, 4.69) is 43.4 Å². The van der Waals surface area contributed by atoms with E-state index in [1.54, 1.807) is 0 Å². The van der Waals surface area contributed by atoms with Crippen LogP contribution in [0.15, 0.2) is 69.8 Å². The lowest BCUT2D eigenvalue weighted by Crippen LogP contribution is -2.44. The Morgan fingerprint density at radius 3 is 2.39 bits per heavy atom. The van der Waals surface area contributed by atoms with Gasteiger partial charge >= 0.3 is 13.5 Å². The minimum atomic E-state index is -4.47. The number of halogens is 1. The summed E-state index contributed by atoms with van der Waals surface area (Å²) in [7, 11) is -4.47. The summed E-state index contributed by atoms with van der Waals surface area (Å²) in [5.41, 5.74) is -3.79. The minimum Gasteiger partial charge on any atom is -0.509 e. The average molecular weight is 599 g/mol. The summed E-state index contributed by atoms with van der Waals surface area (Å²) in [5, 5.41) is 10.2. The number of aromatic nitrogens is 2. The monoisotopic (exact) mass is 598 g/mol. The molecule has 0 amide bonds. The van der Waals surface area contributed by atoms with Gasteiger partial charge in [-0.25, -0.2) is 13.8 Å². The molecule has 0 radical (unpaired) electrons. The number of phosphoric ester groups is 1. The van der Waals surface area contributed by atoms with Gasteiger partial charge < -0.3 is 14.7 Å². The molecule has 1 aliphatic heterocycles. The highest BCUT2D eigenvalue weighted by Gasteiger charge is 2.44. The first kappa shape index (κ1) is 34.5. The van der Waals surface area contributed by atoms with Crippen LogP contribution in [-0.4, -0.2) is 38.4 Å². The van der Waals surface area contributed by atoms with E-state index in [1.165, 1.54) is 0 Å². The predicted molar refractivity (Wildman–Crippen MR) is 156 cm³/mol. The third kappa shape index (κ3) is 13.2. The van der Waals surface area contributed by atoms with Crippen molar-refractivity contribution in [1.29, 1.82) is 0 Å². The zero-order chi connectivity index (χ0) is 30.1. The standard InChI is InChI=1S/C29H44FN2O8P/c1-3-4-5-6-7-8-9-10-11-12-13-14-15-16-17-18-21-38-41(36,37)39-23-25-24(33)22-29(2,30)27(40-25)32-20-19-26(34)31-28(32)35/h4-5,7-8,10-11,19-20,27,33H,3,6,9,12-18,21-23H2,1-2H3,(H,36,37)(H,31,34,35)/b5-4-,8-7-,11-10-/t27-,29?/m1/s1. The molecule has 1 aromatic rings. The van der Waals surface area contributed by atoms with Crippen molar-refractivity contribution in [3.63, 3.8) is 0 Å². The molecule has 3 N–H and O–H groups in total. The Morgan fingerprint density at radius 1 is 1.07 bits per heavy atom. The topological polar surface area (TPSA) is 140 Å². The molecule has 0 bridgehead atoms. The number of alkyl halides is 1. The Kier molecular flexibility index (Phi) is 15.1. The first-order chi connectivity index (χ1) is 19.6. The van der Waals surface area contributed by atoms with Gasteiger partial charge in [0, 0.05) is 18.7 Å². The molecule has 0 fully saturated rings. The Bertz CT molecular complexity index is 1220. The lowest BCUT2D eigenvalue weighted by Gasteiger charge is -2.36. The minimum absolute atomic E-state index is 0.0160. The highest BCUT2D eigenvalue weighted by atomic mass is 31.2. The molecule has 0 aliphatic carbocycles. The van der Waals surface area contributed by atoms with Crippen LogP contribution in [0.2, 0.25) is 0 Å². The number of nitrogens with zero attached hydrogens (tertiary/aromatic N) is 1. The van der Waals surface area contributed by atoms with E-state index in [9.17, 15) is 24.2 Å². The number of nitrogens with one attached hydrogen (secondary N) is 1. The molecule has 0 saturated carbocycles. The Morgan fingerprint density at radius 2 is 1.71 bits per heavy atom. The molecule has 2 rings (SSSR count). The summed E-state index contributed by atoms with van der Waals surface area (Å²) in [6.45, 7) is 2.58. The highest BCUT2D eigenvalue weighted by Crippen LogP contribution is 2.46. The normalized spacial score (nSPS) is 21.2. The van der Waals surface area contributed by atoms with E-state index in [1.807, 2.05) is 4.98 Å². The maximum atomic E-state index is 15.1. The zero-order valence-corrected chi connectivity index (χ0v) is 24.9. The first-order valence-electron chi connectivity index (χ1n) is 14.2. The third-order valence-electron chi connectivity index (χ3n) is 6.37. The van der Waals surface area contributed by atoms with E-state index in [0.717, 1.165) is 81.5 Å². The van der Waals surface area contributed by atoms with Crippen LogP contribution in [0, 0.1) is 0 Å². The fraction of sp³-hybridized carbons (Fsp3) is 0.586. The van der Waals surface area contributed by atoms with Crippen LogP contribution in [-0.2, 0) is 18.3 Å². The number of rotatable bonds is 19. The highest BCUT2D eigenvalue weighted by molar-refractivity contribution is 7.47. The SMILES string of the molecule is CC/C=C\C/C=C\C/C=C\CCCCCCCCOP(=O)(O)OCC1=C(O)CC(C)(F)[C@H](n2ccc(=O)[nH]c2=O)O1. The Labute approximate surface area is 240 Å². The number of allylic oxidation sites excluding steroid dienone is 7. The Hall–Kier alpha value is -2.72. The van der Waals surface area contributed by atoms with E-state index in [0.29, 0.717) is 6.42 Å². The van der Waals surface area contributed by atoms with Gasteiger partial charge in [-0.3, -0.25) is 23.4 Å². The van der Waals surface area contributed by atoms with Crippen molar-refractivity contribution in [3.05, 3.63) is 81.1 Å². The fourth-order valence-corrected chi connectivity index (χ4v) is 4.89. The first-order valence-corrected chi connectivity index (χ1v) is 15.7. The Balaban J connectivity index is 1.62. The maximum Gasteiger partial charge on any atom is 0.472 e. The lowest BCUT2D eigenvalue weighted by atomic mass is 9.97. The summed E-state index contributed by atoms with van der Waals surface area (Å²) in [6.07, 6.45) is 21.9. The summed E-state index contributed by atoms with van der Waals surface area (Å²) in [6, 6.07) is 1.03. The van der Waals surface area contributed by atoms with Crippen molar-refractivity contribution in [2.45, 2.75) is 96.4 Å². The molecule has 10 nitrogen and oxygen atoms in total. The number of unbranched alkanes of at least 4 members (excludes halogenated alkanes) is 6. The van der Waals surface area contributed by atoms with Crippen LogP contribution in [0.1, 0.15) is 90.7 Å². The predicted octanol–water partition coefficient (Wildman–Crippen LogP) is 6.68. The summed E-state index contributed by atoms with van der Waals surface area (Å²) < 4.78 is 43.6. The van der Waals surface area contributed by atoms with Crippen LogP contribution in [0.25, 0.3) is 0 Å². The van der Waals surface area contributed by atoms with Gasteiger partial charge in [-0.15, -0.1) is 0 Å². The van der Waals surface area contributed by atoms with Crippen LogP contribution in [0.5, 0.6) is 0 Å². The molecule has 2 heterocycles. The van der Waals surface area contributed by atoms with Gasteiger partial charge in [0.2, 0.25) is 6.23 Å². The fourth-order valence-electron chi connectivity index (χ4n) is 4.17. The van der Waals surface area contributed by atoms with Gasteiger partial charge in [-0.1, -0.05) is 69.1 Å². The molecule has 1 aromatic heterocycles. The number of hydrogen-bond donors (Lipinski definition) is 3. The second-order valence-electron chi connectivity index (χ2n) is 10.1. The van der Waals surface area contributed by atoms with Gasteiger partial charge in [-0.05, 0) is 45.4 Å². The molecule has 1 aliphatic rings. The van der Waals surface area contributed by atoms with Crippen molar-refractivity contribution in [3.8, 4) is 0 Å². The molecule has 230 valence electrons. The number of hydrogen-bond acceptors (Lipinski definition) is 7. The van der Waals surface area contributed by atoms with Crippen LogP contribution < -0.4 is 11.2 Å². The number of aromatic amines is 1. The quantitative estimate of drug-likeness (QED) is 0.0911. The number of H-pyrrole nitrogens is 1. The molecule has 12 heteroatoms. The summed E-state index contributed by atoms with van der Waals surface area (Å²) in [5.74, 6) is -0.834. The molecule has 3 atom stereocenters. The second kappa shape index (κ2) is 18.0. The molecular formula is C29H44FN2O8P. The summed E-state index contributed by atoms with van der Waals surface area (Å²) in [4.78, 5) is 35.4. The van der Waals surface area contributed by atoms with E-state index >= 15 is 4.39 Å². The molecular weight excluding hydrogens is 554 g/mol. The van der Waals surface area contributed by atoms with Crippen molar-refractivity contribution >= 4 is 7.82 Å². The zero-order valence-electron chi connectivity index (χ0n) is 24.0. The van der Waals surface area contributed by atoms with E-state index < -0.39 is 49.8 Å². The van der Waals surface area contributed by atoms with Crippen molar-refractivity contribution in [2.24, 2.45) is 0 Å². The van der Waals surface area contributed by atoms with E-state index in [-0.39, 0.29) is 12.4 Å². The van der Waals surface area contributed by atoms with E-state index in [4.69, 9.17) is 13.8 Å². The van der Waals surface area contributed by atoms with Gasteiger partial charge in [0.05, 0.1) is 6.61 Å². The molecule has 0 spiro atoms. The number of aliphatic hydroxyl groups is 1. The molecule has 2 unspecified atom stereocenters. The largest absolute Gasteiger partial charge is 0.509 e. The third-order valence-corrected chi connectivity index (χ3v) is 7.33. The average Bonchev–Trinajstić information content (AvgIpc) is 2.90. The van der Waals surface area contributed by atoms with Crippen molar-refractivity contribution < 1.29 is 32.7 Å². The number of aliphatic hydroxyl groups excluding tert-OH is 1. The lowest BCUT2D eigenvalue weighted by molar-refractivity contribution is -0.103. The maximum absolute atomic E-state index is 15.1. The molecule has 41 heavy (non-hydrogen) atoms. The molecule has 0 aromatic carbocycles. The van der Waals surface area contributed by atoms with Crippen LogP contribution in [0.4, 0.5) is 4.39 Å². The molecule has 0 saturated heterocycles. The van der Waals surface area contributed by atoms with Crippen molar-refractivity contribution in [1.82, 2.24) is 9.55 Å². The van der Waals surface area contributed by atoms with Gasteiger partial charge in [-0.2, -0.15) is 0 Å². The van der Waals surface area contributed by atoms with Gasteiger partial charge in [0.1, 0.15) is 12.4 Å². The smallest absolute Gasteiger partial charge is 0.472 e. The van der Waals surface area contributed by atoms with Crippen molar-refractivity contribution in [2.75, 3.05) is 13.2 Å². The number of phosphoric acid groups is 1. The van der Waals surface area contributed by atoms with Crippen LogP contribution in [0.3, 0.4) is 0 Å². The van der Waals surface area contributed by atoms with Crippen LogP contribution >= 0.6 is 7.82 Å². The number of ether oxygens (including phenoxy) is 1.